The molecule has 0 spiro atoms. The Morgan fingerprint density at radius 3 is 2.53 bits per heavy atom. The van der Waals surface area contributed by atoms with E-state index in [1.807, 2.05) is 6.92 Å². The molecule has 1 aliphatic carbocycles. The van der Waals surface area contributed by atoms with Crippen molar-refractivity contribution in [3.05, 3.63) is 18.2 Å². The van der Waals surface area contributed by atoms with Gasteiger partial charge in [0.15, 0.2) is 0 Å². The number of sulfonamides is 1. The molecule has 2 aliphatic heterocycles. The molecule has 1 saturated carbocycles. The number of piperidine rings is 1. The Morgan fingerprint density at radius 2 is 1.83 bits per heavy atom. The molecule has 0 unspecified atom stereocenters. The summed E-state index contributed by atoms with van der Waals surface area (Å²) < 4.78 is 27.7. The van der Waals surface area contributed by atoms with Crippen LogP contribution in [0.2, 0.25) is 0 Å². The van der Waals surface area contributed by atoms with Gasteiger partial charge in [-0.1, -0.05) is 19.3 Å². The second-order valence-electron chi connectivity index (χ2n) is 8.43. The summed E-state index contributed by atoms with van der Waals surface area (Å²) in [6, 6.07) is 5.18. The number of benzene rings is 1. The third-order valence-corrected chi connectivity index (χ3v) is 9.37. The van der Waals surface area contributed by atoms with E-state index in [0.29, 0.717) is 31.6 Å². The van der Waals surface area contributed by atoms with Crippen molar-refractivity contribution in [1.82, 2.24) is 9.62 Å². The fourth-order valence-electron chi connectivity index (χ4n) is 4.42. The van der Waals surface area contributed by atoms with Crippen LogP contribution < -0.4 is 10.6 Å². The van der Waals surface area contributed by atoms with E-state index in [4.69, 9.17) is 0 Å². The Hall–Kier alpha value is -1.58. The maximum absolute atomic E-state index is 13.1. The molecule has 2 amide bonds. The Morgan fingerprint density at radius 1 is 1.13 bits per heavy atom. The maximum atomic E-state index is 13.1. The second kappa shape index (κ2) is 8.88. The number of rotatable bonds is 4. The SMILES string of the molecule is C[C@H]1Sc2ccc(S(=O)(=O)N3CCC(C(=O)NC4CCCCC4)CC3)cc2NC1=O. The van der Waals surface area contributed by atoms with Gasteiger partial charge in [0.25, 0.3) is 0 Å². The quantitative estimate of drug-likeness (QED) is 0.734. The summed E-state index contributed by atoms with van der Waals surface area (Å²) in [5.41, 5.74) is 0.547. The molecule has 2 heterocycles. The zero-order valence-corrected chi connectivity index (χ0v) is 18.9. The van der Waals surface area contributed by atoms with Crippen LogP contribution >= 0.6 is 11.8 Å². The third kappa shape index (κ3) is 4.53. The maximum Gasteiger partial charge on any atom is 0.243 e. The molecule has 0 radical (unpaired) electrons. The number of anilines is 1. The number of carbonyl (C=O) groups is 2. The lowest BCUT2D eigenvalue weighted by Crippen LogP contribution is -2.45. The normalized spacial score (nSPS) is 24.2. The number of nitrogens with zero attached hydrogens (tertiary/aromatic N) is 1. The number of thioether (sulfide) groups is 1. The molecular weight excluding hydrogens is 422 g/mol. The van der Waals surface area contributed by atoms with Gasteiger partial charge in [0.05, 0.1) is 15.8 Å². The summed E-state index contributed by atoms with van der Waals surface area (Å²) in [7, 11) is -3.66. The Kier molecular flexibility index (Phi) is 6.41. The summed E-state index contributed by atoms with van der Waals surface area (Å²) in [5.74, 6) is -0.174. The van der Waals surface area contributed by atoms with E-state index in [1.54, 1.807) is 18.2 Å². The average Bonchev–Trinajstić information content (AvgIpc) is 2.75. The molecule has 9 heteroatoms. The lowest BCUT2D eigenvalue weighted by molar-refractivity contribution is -0.127. The predicted octanol–water partition coefficient (Wildman–Crippen LogP) is 2.97. The molecule has 0 bridgehead atoms. The molecule has 3 aliphatic rings. The van der Waals surface area contributed by atoms with Crippen molar-refractivity contribution >= 4 is 39.3 Å². The van der Waals surface area contributed by atoms with Crippen molar-refractivity contribution in [3.63, 3.8) is 0 Å². The average molecular weight is 452 g/mol. The van der Waals surface area contributed by atoms with Crippen molar-refractivity contribution in [2.45, 2.75) is 73.0 Å². The zero-order chi connectivity index (χ0) is 21.3. The zero-order valence-electron chi connectivity index (χ0n) is 17.2. The summed E-state index contributed by atoms with van der Waals surface area (Å²) in [4.78, 5) is 25.6. The van der Waals surface area contributed by atoms with E-state index in [0.717, 1.165) is 17.7 Å². The van der Waals surface area contributed by atoms with E-state index in [1.165, 1.54) is 35.3 Å². The lowest BCUT2D eigenvalue weighted by atomic mass is 9.93. The second-order valence-corrected chi connectivity index (χ2v) is 11.7. The monoisotopic (exact) mass is 451 g/mol. The smallest absolute Gasteiger partial charge is 0.243 e. The standard InChI is InChI=1S/C21H29N3O4S2/c1-14-20(25)23-18-13-17(7-8-19(18)29-14)30(27,28)24-11-9-15(10-12-24)21(26)22-16-5-3-2-4-6-16/h7-8,13-16H,2-6,9-12H2,1H3,(H,22,26)(H,23,25)/t14-/m1/s1. The molecule has 1 saturated heterocycles. The summed E-state index contributed by atoms with van der Waals surface area (Å²) in [6.45, 7) is 2.49. The number of amides is 2. The molecular formula is C21H29N3O4S2. The van der Waals surface area contributed by atoms with Gasteiger partial charge in [-0.25, -0.2) is 8.42 Å². The first-order valence-corrected chi connectivity index (χ1v) is 13.1. The highest BCUT2D eigenvalue weighted by atomic mass is 32.2. The van der Waals surface area contributed by atoms with E-state index >= 15 is 0 Å². The van der Waals surface area contributed by atoms with Crippen LogP contribution in [-0.2, 0) is 19.6 Å². The van der Waals surface area contributed by atoms with Gasteiger partial charge in [0.2, 0.25) is 21.8 Å². The molecule has 164 valence electrons. The molecule has 2 fully saturated rings. The molecule has 4 rings (SSSR count). The van der Waals surface area contributed by atoms with Crippen LogP contribution in [0.3, 0.4) is 0 Å². The van der Waals surface area contributed by atoms with E-state index in [2.05, 4.69) is 10.6 Å². The molecule has 1 atom stereocenters. The van der Waals surface area contributed by atoms with Gasteiger partial charge in [0, 0.05) is 29.9 Å². The first-order chi connectivity index (χ1) is 14.3. The Balaban J connectivity index is 1.38. The van der Waals surface area contributed by atoms with Crippen LogP contribution in [0.15, 0.2) is 28.0 Å². The lowest BCUT2D eigenvalue weighted by Gasteiger charge is -2.32. The number of carbonyl (C=O) groups excluding carboxylic acids is 2. The minimum Gasteiger partial charge on any atom is -0.353 e. The fourth-order valence-corrected chi connectivity index (χ4v) is 6.85. The van der Waals surface area contributed by atoms with Crippen molar-refractivity contribution in [3.8, 4) is 0 Å². The minimum atomic E-state index is -3.66. The minimum absolute atomic E-state index is 0.0709. The van der Waals surface area contributed by atoms with Crippen LogP contribution in [0.1, 0.15) is 51.9 Å². The number of nitrogens with one attached hydrogen (secondary N) is 2. The summed E-state index contributed by atoms with van der Waals surface area (Å²) >= 11 is 1.43. The van der Waals surface area contributed by atoms with Gasteiger partial charge >= 0.3 is 0 Å². The molecule has 7 nitrogen and oxygen atoms in total. The van der Waals surface area contributed by atoms with E-state index in [-0.39, 0.29) is 33.9 Å². The Labute approximate surface area is 182 Å². The highest BCUT2D eigenvalue weighted by Crippen LogP contribution is 2.37. The first-order valence-electron chi connectivity index (χ1n) is 10.8. The largest absolute Gasteiger partial charge is 0.353 e. The molecule has 30 heavy (non-hydrogen) atoms. The highest BCUT2D eigenvalue weighted by molar-refractivity contribution is 8.01. The molecule has 1 aromatic rings. The summed E-state index contributed by atoms with van der Waals surface area (Å²) in [6.07, 6.45) is 6.74. The van der Waals surface area contributed by atoms with Crippen LogP contribution in [0.4, 0.5) is 5.69 Å². The van der Waals surface area contributed by atoms with Crippen LogP contribution in [0, 0.1) is 5.92 Å². The summed E-state index contributed by atoms with van der Waals surface area (Å²) in [5, 5.41) is 5.76. The van der Waals surface area contributed by atoms with Crippen molar-refractivity contribution in [2.24, 2.45) is 5.92 Å². The predicted molar refractivity (Wildman–Crippen MR) is 117 cm³/mol. The highest BCUT2D eigenvalue weighted by Gasteiger charge is 2.34. The van der Waals surface area contributed by atoms with Crippen molar-refractivity contribution in [1.29, 1.82) is 0 Å². The van der Waals surface area contributed by atoms with E-state index in [9.17, 15) is 18.0 Å². The number of hydrogen-bond acceptors (Lipinski definition) is 5. The topological polar surface area (TPSA) is 95.6 Å². The van der Waals surface area contributed by atoms with Gasteiger partial charge in [-0.3, -0.25) is 9.59 Å². The fraction of sp³-hybridized carbons (Fsp3) is 0.619. The van der Waals surface area contributed by atoms with Gasteiger partial charge in [-0.05, 0) is 50.8 Å². The molecule has 1 aromatic carbocycles. The van der Waals surface area contributed by atoms with Gasteiger partial charge in [-0.2, -0.15) is 4.31 Å². The number of fused-ring (bicyclic) bond motifs is 1. The molecule has 2 N–H and O–H groups in total. The van der Waals surface area contributed by atoms with Crippen LogP contribution in [0.25, 0.3) is 0 Å². The van der Waals surface area contributed by atoms with Gasteiger partial charge < -0.3 is 10.6 Å². The van der Waals surface area contributed by atoms with Gasteiger partial charge in [-0.15, -0.1) is 11.8 Å². The first kappa shape index (κ1) is 21.6. The van der Waals surface area contributed by atoms with Gasteiger partial charge in [0.1, 0.15) is 0 Å². The molecule has 0 aromatic heterocycles. The third-order valence-electron chi connectivity index (χ3n) is 6.30. The van der Waals surface area contributed by atoms with Crippen LogP contribution in [0.5, 0.6) is 0 Å². The van der Waals surface area contributed by atoms with Crippen molar-refractivity contribution in [2.75, 3.05) is 18.4 Å². The Bertz CT molecular complexity index is 920. The number of hydrogen-bond donors (Lipinski definition) is 2. The van der Waals surface area contributed by atoms with Crippen molar-refractivity contribution < 1.29 is 18.0 Å². The van der Waals surface area contributed by atoms with E-state index < -0.39 is 10.0 Å². The van der Waals surface area contributed by atoms with Crippen LogP contribution in [-0.4, -0.2) is 48.9 Å².